The van der Waals surface area contributed by atoms with E-state index in [9.17, 15) is 14.9 Å². The minimum Gasteiger partial charge on any atom is -0.378 e. The molecule has 1 saturated carbocycles. The molecule has 1 N–H and O–H groups in total. The maximum atomic E-state index is 13.2. The van der Waals surface area contributed by atoms with Gasteiger partial charge in [-0.15, -0.1) is 0 Å². The summed E-state index contributed by atoms with van der Waals surface area (Å²) < 4.78 is 5.35. The maximum Gasteiger partial charge on any atom is 0.224 e. The number of hydrogen-bond acceptors (Lipinski definition) is 4. The molecular weight excluding hydrogens is 390 g/mol. The van der Waals surface area contributed by atoms with Crippen molar-refractivity contribution in [2.75, 3.05) is 26.3 Å². The Morgan fingerprint density at radius 2 is 1.84 bits per heavy atom. The van der Waals surface area contributed by atoms with E-state index in [0.717, 1.165) is 31.2 Å². The quantitative estimate of drug-likeness (QED) is 0.657. The van der Waals surface area contributed by atoms with Crippen molar-refractivity contribution in [2.24, 2.45) is 11.8 Å². The topological polar surface area (TPSA) is 82.4 Å². The van der Waals surface area contributed by atoms with Crippen LogP contribution in [0.4, 0.5) is 0 Å². The van der Waals surface area contributed by atoms with E-state index in [1.807, 2.05) is 35.2 Å². The van der Waals surface area contributed by atoms with E-state index in [-0.39, 0.29) is 24.2 Å². The molecule has 31 heavy (non-hydrogen) atoms. The molecular formula is C25H35N3O3. The zero-order valence-corrected chi connectivity index (χ0v) is 18.4. The summed E-state index contributed by atoms with van der Waals surface area (Å²) in [5.41, 5.74) is 1.15. The van der Waals surface area contributed by atoms with Crippen LogP contribution in [0.25, 0.3) is 0 Å². The molecule has 0 aromatic heterocycles. The van der Waals surface area contributed by atoms with E-state index < -0.39 is 6.04 Å². The third kappa shape index (κ3) is 7.66. The van der Waals surface area contributed by atoms with Crippen LogP contribution in [-0.2, 0) is 20.7 Å². The van der Waals surface area contributed by atoms with Crippen molar-refractivity contribution in [2.45, 2.75) is 63.8 Å². The molecule has 2 atom stereocenters. The lowest BCUT2D eigenvalue weighted by Crippen LogP contribution is -2.44. The van der Waals surface area contributed by atoms with E-state index in [1.54, 1.807) is 0 Å². The number of aryl methyl sites for hydroxylation is 1. The average Bonchev–Trinajstić information content (AvgIpc) is 2.83. The third-order valence-corrected chi connectivity index (χ3v) is 6.54. The van der Waals surface area contributed by atoms with Gasteiger partial charge in [0.2, 0.25) is 11.8 Å². The summed E-state index contributed by atoms with van der Waals surface area (Å²) >= 11 is 0. The van der Waals surface area contributed by atoms with Crippen LogP contribution in [0.15, 0.2) is 30.3 Å². The van der Waals surface area contributed by atoms with Crippen LogP contribution in [0.5, 0.6) is 0 Å². The van der Waals surface area contributed by atoms with Crippen LogP contribution in [-0.4, -0.2) is 49.1 Å². The van der Waals surface area contributed by atoms with Crippen molar-refractivity contribution >= 4 is 11.8 Å². The van der Waals surface area contributed by atoms with Crippen LogP contribution in [0, 0.1) is 23.2 Å². The average molecular weight is 426 g/mol. The Labute approximate surface area is 185 Å². The molecule has 2 amide bonds. The molecule has 1 aliphatic heterocycles. The van der Waals surface area contributed by atoms with Gasteiger partial charge >= 0.3 is 0 Å². The molecule has 2 aliphatic rings. The number of nitrogens with one attached hydrogen (secondary N) is 1. The highest BCUT2D eigenvalue weighted by Crippen LogP contribution is 2.30. The number of morpholine rings is 1. The summed E-state index contributed by atoms with van der Waals surface area (Å²) in [5.74, 6) is 0.00158. The molecule has 1 saturated heterocycles. The normalized spacial score (nSPS) is 19.3. The fraction of sp³-hybridized carbons (Fsp3) is 0.640. The molecule has 0 radical (unpaired) electrons. The second kappa shape index (κ2) is 12.5. The van der Waals surface area contributed by atoms with Gasteiger partial charge in [0.25, 0.3) is 0 Å². The van der Waals surface area contributed by atoms with E-state index in [1.165, 1.54) is 19.3 Å². The first-order chi connectivity index (χ1) is 15.2. The van der Waals surface area contributed by atoms with Gasteiger partial charge in [-0.25, -0.2) is 0 Å². The van der Waals surface area contributed by atoms with E-state index in [4.69, 9.17) is 4.74 Å². The van der Waals surface area contributed by atoms with Crippen molar-refractivity contribution in [3.63, 3.8) is 0 Å². The number of amides is 2. The molecule has 0 spiro atoms. The minimum atomic E-state index is -0.542. The first-order valence-electron chi connectivity index (χ1n) is 11.7. The van der Waals surface area contributed by atoms with Gasteiger partial charge in [0.05, 0.1) is 19.3 Å². The van der Waals surface area contributed by atoms with Gasteiger partial charge in [0, 0.05) is 25.4 Å². The molecule has 6 heteroatoms. The molecule has 2 unspecified atom stereocenters. The molecule has 1 aromatic carbocycles. The van der Waals surface area contributed by atoms with Crippen molar-refractivity contribution in [1.82, 2.24) is 10.2 Å². The number of nitriles is 1. The highest BCUT2D eigenvalue weighted by atomic mass is 16.5. The summed E-state index contributed by atoms with van der Waals surface area (Å²) in [4.78, 5) is 27.8. The fourth-order valence-electron chi connectivity index (χ4n) is 4.68. The molecule has 0 bridgehead atoms. The highest BCUT2D eigenvalue weighted by Gasteiger charge is 2.30. The van der Waals surface area contributed by atoms with Gasteiger partial charge in [-0.3, -0.25) is 9.59 Å². The largest absolute Gasteiger partial charge is 0.378 e. The molecule has 2 fully saturated rings. The van der Waals surface area contributed by atoms with Gasteiger partial charge in [-0.1, -0.05) is 62.4 Å². The number of rotatable bonds is 9. The number of nitrogens with zero attached hydrogens (tertiary/aromatic N) is 2. The van der Waals surface area contributed by atoms with E-state index in [2.05, 4.69) is 11.4 Å². The van der Waals surface area contributed by atoms with E-state index in [0.29, 0.717) is 38.6 Å². The van der Waals surface area contributed by atoms with Crippen LogP contribution in [0.3, 0.4) is 0 Å². The summed E-state index contributed by atoms with van der Waals surface area (Å²) in [6, 6.07) is 11.7. The number of benzene rings is 1. The molecule has 1 aliphatic carbocycles. The third-order valence-electron chi connectivity index (χ3n) is 6.54. The monoisotopic (exact) mass is 425 g/mol. The summed E-state index contributed by atoms with van der Waals surface area (Å²) in [5, 5.41) is 12.5. The SMILES string of the molecule is N#CC(CCc1ccccc1)NC(=O)C(CC(=O)N1CCOCC1)CC1CCCCC1. The van der Waals surface area contributed by atoms with Gasteiger partial charge in [0.1, 0.15) is 6.04 Å². The van der Waals surface area contributed by atoms with Crippen molar-refractivity contribution in [1.29, 1.82) is 5.26 Å². The van der Waals surface area contributed by atoms with Gasteiger partial charge < -0.3 is 15.0 Å². The van der Waals surface area contributed by atoms with Gasteiger partial charge in [-0.05, 0) is 30.7 Å². The standard InChI is InChI=1S/C25H35N3O3/c26-19-23(12-11-20-7-3-1-4-8-20)27-25(30)22(17-21-9-5-2-6-10-21)18-24(29)28-13-15-31-16-14-28/h1,3-4,7-8,21-23H,2,5-6,9-18H2,(H,27,30). The predicted molar refractivity (Wildman–Crippen MR) is 119 cm³/mol. The first kappa shape index (κ1) is 23.3. The van der Waals surface area contributed by atoms with Gasteiger partial charge in [0.15, 0.2) is 0 Å². The Morgan fingerprint density at radius 1 is 1.13 bits per heavy atom. The Bertz CT molecular complexity index is 734. The minimum absolute atomic E-state index is 0.0250. The predicted octanol–water partition coefficient (Wildman–Crippen LogP) is 3.46. The lowest BCUT2D eigenvalue weighted by Gasteiger charge is -2.30. The fourth-order valence-corrected chi connectivity index (χ4v) is 4.68. The smallest absolute Gasteiger partial charge is 0.224 e. The van der Waals surface area contributed by atoms with Crippen molar-refractivity contribution in [3.05, 3.63) is 35.9 Å². The number of ether oxygens (including phenoxy) is 1. The molecule has 3 rings (SSSR count). The van der Waals surface area contributed by atoms with Gasteiger partial charge in [-0.2, -0.15) is 5.26 Å². The molecule has 1 aromatic rings. The van der Waals surface area contributed by atoms with E-state index >= 15 is 0 Å². The summed E-state index contributed by atoms with van der Waals surface area (Å²) in [6.45, 7) is 2.30. The number of carbonyl (C=O) groups excluding carboxylic acids is 2. The van der Waals surface area contributed by atoms with Crippen molar-refractivity contribution < 1.29 is 14.3 Å². The van der Waals surface area contributed by atoms with Crippen LogP contribution >= 0.6 is 0 Å². The second-order valence-electron chi connectivity index (χ2n) is 8.85. The second-order valence-corrected chi connectivity index (χ2v) is 8.85. The Balaban J connectivity index is 1.59. The zero-order chi connectivity index (χ0) is 21.9. The molecule has 168 valence electrons. The number of hydrogen-bond donors (Lipinski definition) is 1. The zero-order valence-electron chi connectivity index (χ0n) is 18.4. The summed E-state index contributed by atoms with van der Waals surface area (Å²) in [6.07, 6.45) is 8.19. The summed E-state index contributed by atoms with van der Waals surface area (Å²) in [7, 11) is 0. The van der Waals surface area contributed by atoms with Crippen LogP contribution in [0.2, 0.25) is 0 Å². The lowest BCUT2D eigenvalue weighted by atomic mass is 9.81. The Morgan fingerprint density at radius 3 is 2.52 bits per heavy atom. The lowest BCUT2D eigenvalue weighted by molar-refractivity contribution is -0.140. The van der Waals surface area contributed by atoms with Crippen LogP contribution in [0.1, 0.15) is 56.9 Å². The van der Waals surface area contributed by atoms with Crippen LogP contribution < -0.4 is 5.32 Å². The molecule has 1 heterocycles. The molecule has 6 nitrogen and oxygen atoms in total. The maximum absolute atomic E-state index is 13.2. The first-order valence-corrected chi connectivity index (χ1v) is 11.7. The Hall–Kier alpha value is -2.39. The number of carbonyl (C=O) groups is 2. The highest BCUT2D eigenvalue weighted by molar-refractivity contribution is 5.86. The van der Waals surface area contributed by atoms with Crippen molar-refractivity contribution in [3.8, 4) is 6.07 Å². The Kier molecular flexibility index (Phi) is 9.36.